The van der Waals surface area contributed by atoms with Gasteiger partial charge >= 0.3 is 0 Å². The summed E-state index contributed by atoms with van der Waals surface area (Å²) in [5, 5.41) is 23.5. The third-order valence-corrected chi connectivity index (χ3v) is 7.49. The summed E-state index contributed by atoms with van der Waals surface area (Å²) in [5.41, 5.74) is 1.89. The molecule has 1 aliphatic rings. The molecule has 0 spiro atoms. The van der Waals surface area contributed by atoms with Gasteiger partial charge in [0.1, 0.15) is 36.2 Å². The predicted octanol–water partition coefficient (Wildman–Crippen LogP) is 3.46. The van der Waals surface area contributed by atoms with Gasteiger partial charge in [-0.15, -0.1) is 5.10 Å². The molecule has 3 aromatic carbocycles. The van der Waals surface area contributed by atoms with E-state index in [1.165, 1.54) is 11.0 Å². The van der Waals surface area contributed by atoms with Crippen molar-refractivity contribution in [3.05, 3.63) is 90.3 Å². The van der Waals surface area contributed by atoms with Crippen LogP contribution in [0.5, 0.6) is 17.2 Å². The summed E-state index contributed by atoms with van der Waals surface area (Å²) in [5.74, 6) is 1.34. The average Bonchev–Trinajstić information content (AvgIpc) is 3.53. The van der Waals surface area contributed by atoms with Crippen molar-refractivity contribution in [2.45, 2.75) is 39.1 Å². The SMILES string of the molecule is C[C@@H]1CN([C@H](C)CO)C(=O)c2cc(NC(=O)Cn3cnnn3)ccc2O[C@@H]1CN(C)Cc1ccc(Oc2ccccc2)cc1. The van der Waals surface area contributed by atoms with Crippen LogP contribution < -0.4 is 14.8 Å². The van der Waals surface area contributed by atoms with Gasteiger partial charge in [0.05, 0.1) is 18.2 Å². The van der Waals surface area contributed by atoms with Gasteiger partial charge in [0, 0.05) is 31.2 Å². The molecule has 12 nitrogen and oxygen atoms in total. The molecule has 0 fully saturated rings. The van der Waals surface area contributed by atoms with Gasteiger partial charge in [0.2, 0.25) is 5.91 Å². The van der Waals surface area contributed by atoms with E-state index in [2.05, 4.69) is 32.7 Å². The monoisotopic (exact) mass is 599 g/mol. The molecule has 2 heterocycles. The first-order valence-corrected chi connectivity index (χ1v) is 14.5. The Morgan fingerprint density at radius 1 is 1.14 bits per heavy atom. The zero-order chi connectivity index (χ0) is 31.1. The van der Waals surface area contributed by atoms with Crippen LogP contribution in [0.15, 0.2) is 79.1 Å². The van der Waals surface area contributed by atoms with Gasteiger partial charge in [-0.1, -0.05) is 37.3 Å². The minimum Gasteiger partial charge on any atom is -0.488 e. The number of likely N-dealkylation sites (N-methyl/N-ethyl adjacent to an activating group) is 1. The fourth-order valence-electron chi connectivity index (χ4n) is 5.09. The molecule has 0 aliphatic carbocycles. The van der Waals surface area contributed by atoms with Crippen molar-refractivity contribution in [2.24, 2.45) is 5.92 Å². The summed E-state index contributed by atoms with van der Waals surface area (Å²) in [7, 11) is 2.03. The molecular weight excluding hydrogens is 562 g/mol. The van der Waals surface area contributed by atoms with E-state index in [0.29, 0.717) is 36.6 Å². The number of aliphatic hydroxyl groups excluding tert-OH is 1. The van der Waals surface area contributed by atoms with Crippen molar-refractivity contribution in [1.82, 2.24) is 30.0 Å². The van der Waals surface area contributed by atoms with Gasteiger partial charge in [0.15, 0.2) is 0 Å². The number of carbonyl (C=O) groups excluding carboxylic acids is 2. The number of rotatable bonds is 11. The number of amides is 2. The van der Waals surface area contributed by atoms with E-state index in [-0.39, 0.29) is 37.0 Å². The third kappa shape index (κ3) is 7.77. The number of carbonyl (C=O) groups is 2. The van der Waals surface area contributed by atoms with Gasteiger partial charge in [0.25, 0.3) is 5.91 Å². The predicted molar refractivity (Wildman–Crippen MR) is 163 cm³/mol. The van der Waals surface area contributed by atoms with Crippen LogP contribution in [0.3, 0.4) is 0 Å². The zero-order valence-electron chi connectivity index (χ0n) is 25.0. The third-order valence-electron chi connectivity index (χ3n) is 7.49. The highest BCUT2D eigenvalue weighted by molar-refractivity contribution is 5.99. The first kappa shape index (κ1) is 30.6. The molecule has 12 heteroatoms. The highest BCUT2D eigenvalue weighted by Gasteiger charge is 2.33. The lowest BCUT2D eigenvalue weighted by molar-refractivity contribution is -0.116. The first-order chi connectivity index (χ1) is 21.3. The van der Waals surface area contributed by atoms with E-state index in [1.54, 1.807) is 23.1 Å². The molecule has 0 unspecified atom stereocenters. The fourth-order valence-corrected chi connectivity index (χ4v) is 5.09. The number of nitrogens with one attached hydrogen (secondary N) is 1. The molecule has 5 rings (SSSR count). The Labute approximate surface area is 256 Å². The topological polar surface area (TPSA) is 135 Å². The first-order valence-electron chi connectivity index (χ1n) is 14.5. The normalized spacial score (nSPS) is 17.3. The van der Waals surface area contributed by atoms with Crippen molar-refractivity contribution in [2.75, 3.05) is 32.1 Å². The van der Waals surface area contributed by atoms with Crippen LogP contribution in [0.2, 0.25) is 0 Å². The summed E-state index contributed by atoms with van der Waals surface area (Å²) < 4.78 is 13.7. The Balaban J connectivity index is 1.29. The van der Waals surface area contributed by atoms with Crippen molar-refractivity contribution >= 4 is 17.5 Å². The summed E-state index contributed by atoms with van der Waals surface area (Å²) in [6.07, 6.45) is 1.10. The van der Waals surface area contributed by atoms with Gasteiger partial charge in [-0.2, -0.15) is 0 Å². The van der Waals surface area contributed by atoms with Crippen LogP contribution in [0.1, 0.15) is 29.8 Å². The number of fused-ring (bicyclic) bond motifs is 1. The number of para-hydroxylation sites is 1. The number of nitrogens with zero attached hydrogens (tertiary/aromatic N) is 6. The maximum absolute atomic E-state index is 13.7. The largest absolute Gasteiger partial charge is 0.488 e. The molecule has 0 saturated carbocycles. The summed E-state index contributed by atoms with van der Waals surface area (Å²) in [6, 6.07) is 22.3. The number of aliphatic hydroxyl groups is 1. The lowest BCUT2D eigenvalue weighted by atomic mass is 9.99. The molecule has 2 N–H and O–H groups in total. The molecule has 0 bridgehead atoms. The van der Waals surface area contributed by atoms with Crippen LogP contribution in [0.4, 0.5) is 5.69 Å². The highest BCUT2D eigenvalue weighted by atomic mass is 16.5. The van der Waals surface area contributed by atoms with Crippen LogP contribution in [-0.2, 0) is 17.9 Å². The Morgan fingerprint density at radius 2 is 1.89 bits per heavy atom. The van der Waals surface area contributed by atoms with E-state index in [4.69, 9.17) is 9.47 Å². The molecule has 44 heavy (non-hydrogen) atoms. The standard InChI is InChI=1S/C32H37N7O5/c1-22-16-39(23(2)20-40)32(42)28-15-25(34-31(41)19-38-21-33-35-36-38)11-14-29(28)44-30(22)18-37(3)17-24-9-12-27(13-10-24)43-26-7-5-4-6-8-26/h4-15,21-23,30,40H,16-20H2,1-3H3,(H,34,41)/t22-,23-,30-/m1/s1. The van der Waals surface area contributed by atoms with Gasteiger partial charge in [-0.3, -0.25) is 14.5 Å². The summed E-state index contributed by atoms with van der Waals surface area (Å²) in [4.78, 5) is 30.1. The second-order valence-electron chi connectivity index (χ2n) is 11.1. The second-order valence-corrected chi connectivity index (χ2v) is 11.1. The summed E-state index contributed by atoms with van der Waals surface area (Å²) in [6.45, 7) is 5.31. The number of benzene rings is 3. The lowest BCUT2D eigenvalue weighted by Gasteiger charge is -2.38. The van der Waals surface area contributed by atoms with E-state index < -0.39 is 6.04 Å². The van der Waals surface area contributed by atoms with Crippen molar-refractivity contribution in [3.63, 3.8) is 0 Å². The van der Waals surface area contributed by atoms with Gasteiger partial charge < -0.3 is 24.8 Å². The second kappa shape index (κ2) is 14.1. The van der Waals surface area contributed by atoms with Crippen LogP contribution in [0, 0.1) is 5.92 Å². The van der Waals surface area contributed by atoms with Crippen molar-refractivity contribution < 1.29 is 24.2 Å². The Hall–Kier alpha value is -4.81. The smallest absolute Gasteiger partial charge is 0.258 e. The number of hydrogen-bond acceptors (Lipinski definition) is 9. The molecule has 2 amide bonds. The van der Waals surface area contributed by atoms with E-state index in [0.717, 1.165) is 17.1 Å². The van der Waals surface area contributed by atoms with E-state index in [1.807, 2.05) is 68.6 Å². The molecule has 0 radical (unpaired) electrons. The molecule has 1 aromatic heterocycles. The number of anilines is 1. The average molecular weight is 600 g/mol. The van der Waals surface area contributed by atoms with Gasteiger partial charge in [-0.05, 0) is 72.4 Å². The number of ether oxygens (including phenoxy) is 2. The quantitative estimate of drug-likeness (QED) is 0.266. The van der Waals surface area contributed by atoms with Gasteiger partial charge in [-0.25, -0.2) is 4.68 Å². The minimum atomic E-state index is -0.399. The Morgan fingerprint density at radius 3 is 2.59 bits per heavy atom. The van der Waals surface area contributed by atoms with Crippen LogP contribution >= 0.6 is 0 Å². The van der Waals surface area contributed by atoms with E-state index >= 15 is 0 Å². The molecule has 230 valence electrons. The molecule has 1 aliphatic heterocycles. The highest BCUT2D eigenvalue weighted by Crippen LogP contribution is 2.31. The molecule has 4 aromatic rings. The van der Waals surface area contributed by atoms with Crippen molar-refractivity contribution in [1.29, 1.82) is 0 Å². The minimum absolute atomic E-state index is 0.0270. The van der Waals surface area contributed by atoms with Crippen LogP contribution in [0.25, 0.3) is 0 Å². The van der Waals surface area contributed by atoms with Crippen molar-refractivity contribution in [3.8, 4) is 17.2 Å². The Kier molecular flexibility index (Phi) is 9.82. The molecular formula is C32H37N7O5. The lowest BCUT2D eigenvalue weighted by Crippen LogP contribution is -2.49. The van der Waals surface area contributed by atoms with E-state index in [9.17, 15) is 14.7 Å². The van der Waals surface area contributed by atoms with Crippen LogP contribution in [-0.4, -0.2) is 85.8 Å². The summed E-state index contributed by atoms with van der Waals surface area (Å²) >= 11 is 0. The molecule has 3 atom stereocenters. The molecule has 0 saturated heterocycles. The zero-order valence-corrected chi connectivity index (χ0v) is 25.0. The number of aromatic nitrogens is 4. The fraction of sp³-hybridized carbons (Fsp3) is 0.344. The Bertz CT molecular complexity index is 1530. The number of hydrogen-bond donors (Lipinski definition) is 2. The maximum Gasteiger partial charge on any atom is 0.258 e. The maximum atomic E-state index is 13.7. The number of tetrazole rings is 1.